The maximum absolute atomic E-state index is 11.8. The number of hydrogen-bond donors (Lipinski definition) is 2. The van der Waals surface area contributed by atoms with Crippen molar-refractivity contribution in [1.29, 1.82) is 0 Å². The second-order valence-electron chi connectivity index (χ2n) is 4.48. The summed E-state index contributed by atoms with van der Waals surface area (Å²) in [6, 6.07) is 9.00. The topological polar surface area (TPSA) is 81.4 Å². The van der Waals surface area contributed by atoms with Crippen molar-refractivity contribution in [2.75, 3.05) is 11.9 Å². The number of ether oxygens (including phenoxy) is 1. The highest BCUT2D eigenvalue weighted by atomic mass is 35.5. The summed E-state index contributed by atoms with van der Waals surface area (Å²) in [6.07, 6.45) is 0. The molecule has 0 spiro atoms. The zero-order valence-corrected chi connectivity index (χ0v) is 13.9. The lowest BCUT2D eigenvalue weighted by atomic mass is 10.2. The molecule has 0 radical (unpaired) electrons. The van der Waals surface area contributed by atoms with Gasteiger partial charge >= 0.3 is 0 Å². The molecule has 5 nitrogen and oxygen atoms in total. The molecule has 2 aromatic rings. The zero-order valence-electron chi connectivity index (χ0n) is 11.6. The van der Waals surface area contributed by atoms with Crippen LogP contribution in [0.2, 0.25) is 15.1 Å². The number of primary amides is 1. The van der Waals surface area contributed by atoms with E-state index in [9.17, 15) is 9.59 Å². The third-order valence-electron chi connectivity index (χ3n) is 2.79. The number of anilines is 1. The normalized spacial score (nSPS) is 10.2. The maximum Gasteiger partial charge on any atom is 0.262 e. The molecule has 0 aliphatic rings. The second-order valence-corrected chi connectivity index (χ2v) is 5.70. The highest BCUT2D eigenvalue weighted by Gasteiger charge is 2.10. The minimum absolute atomic E-state index is 0.248. The second kappa shape index (κ2) is 7.55. The largest absolute Gasteiger partial charge is 0.482 e. The molecule has 2 aromatic carbocycles. The van der Waals surface area contributed by atoms with Crippen molar-refractivity contribution >= 4 is 52.3 Å². The van der Waals surface area contributed by atoms with Gasteiger partial charge in [-0.25, -0.2) is 0 Å². The number of carbonyl (C=O) groups is 2. The predicted octanol–water partition coefficient (Wildman–Crippen LogP) is 3.76. The Labute approximate surface area is 147 Å². The quantitative estimate of drug-likeness (QED) is 0.783. The molecule has 3 N–H and O–H groups in total. The SMILES string of the molecule is NC(=O)c1ccc(NC(=O)COc2cc(Cl)c(Cl)cc2Cl)cc1. The Morgan fingerprint density at radius 3 is 2.22 bits per heavy atom. The van der Waals surface area contributed by atoms with E-state index in [4.69, 9.17) is 45.3 Å². The molecule has 0 atom stereocenters. The number of carbonyl (C=O) groups excluding carboxylic acids is 2. The van der Waals surface area contributed by atoms with Gasteiger partial charge in [0.15, 0.2) is 6.61 Å². The van der Waals surface area contributed by atoms with Crippen LogP contribution in [0.5, 0.6) is 5.75 Å². The first-order valence-electron chi connectivity index (χ1n) is 6.34. The Kier molecular flexibility index (Phi) is 5.71. The van der Waals surface area contributed by atoms with Crippen LogP contribution in [0, 0.1) is 0 Å². The number of nitrogens with two attached hydrogens (primary N) is 1. The van der Waals surface area contributed by atoms with E-state index in [-0.39, 0.29) is 22.4 Å². The molecule has 0 heterocycles. The maximum atomic E-state index is 11.8. The fraction of sp³-hybridized carbons (Fsp3) is 0.0667. The van der Waals surface area contributed by atoms with Crippen molar-refractivity contribution in [3.8, 4) is 5.75 Å². The summed E-state index contributed by atoms with van der Waals surface area (Å²) in [5.41, 5.74) is 5.99. The van der Waals surface area contributed by atoms with Crippen molar-refractivity contribution < 1.29 is 14.3 Å². The third kappa shape index (κ3) is 4.76. The zero-order chi connectivity index (χ0) is 17.0. The molecular formula is C15H11Cl3N2O3. The van der Waals surface area contributed by atoms with Gasteiger partial charge in [-0.3, -0.25) is 9.59 Å². The molecule has 0 unspecified atom stereocenters. The van der Waals surface area contributed by atoms with Crippen LogP contribution in [0.4, 0.5) is 5.69 Å². The van der Waals surface area contributed by atoms with Gasteiger partial charge in [0.25, 0.3) is 5.91 Å². The van der Waals surface area contributed by atoms with Gasteiger partial charge in [-0.15, -0.1) is 0 Å². The van der Waals surface area contributed by atoms with Crippen LogP contribution in [-0.4, -0.2) is 18.4 Å². The highest BCUT2D eigenvalue weighted by molar-refractivity contribution is 6.43. The summed E-state index contributed by atoms with van der Waals surface area (Å²) in [7, 11) is 0. The molecule has 2 rings (SSSR count). The molecule has 0 saturated heterocycles. The summed E-state index contributed by atoms with van der Waals surface area (Å²) in [6.45, 7) is -0.269. The van der Waals surface area contributed by atoms with Crippen LogP contribution < -0.4 is 15.8 Å². The van der Waals surface area contributed by atoms with Gasteiger partial charge in [0.1, 0.15) is 5.75 Å². The van der Waals surface area contributed by atoms with E-state index in [0.717, 1.165) is 0 Å². The number of amides is 2. The number of hydrogen-bond acceptors (Lipinski definition) is 3. The van der Waals surface area contributed by atoms with E-state index in [1.165, 1.54) is 24.3 Å². The number of nitrogens with one attached hydrogen (secondary N) is 1. The van der Waals surface area contributed by atoms with Crippen molar-refractivity contribution in [2.24, 2.45) is 5.73 Å². The van der Waals surface area contributed by atoms with Gasteiger partial charge in [-0.05, 0) is 30.3 Å². The average molecular weight is 374 g/mol. The van der Waals surface area contributed by atoms with Crippen LogP contribution in [-0.2, 0) is 4.79 Å². The van der Waals surface area contributed by atoms with E-state index < -0.39 is 11.8 Å². The van der Waals surface area contributed by atoms with Crippen molar-refractivity contribution in [3.05, 3.63) is 57.0 Å². The number of benzene rings is 2. The molecule has 0 saturated carbocycles. The molecule has 0 aromatic heterocycles. The van der Waals surface area contributed by atoms with Gasteiger partial charge in [-0.1, -0.05) is 34.8 Å². The van der Waals surface area contributed by atoms with Crippen LogP contribution in [0.1, 0.15) is 10.4 Å². The van der Waals surface area contributed by atoms with Crippen molar-refractivity contribution in [3.63, 3.8) is 0 Å². The Morgan fingerprint density at radius 1 is 1.00 bits per heavy atom. The monoisotopic (exact) mass is 372 g/mol. The van der Waals surface area contributed by atoms with E-state index in [0.29, 0.717) is 16.3 Å². The van der Waals surface area contributed by atoms with Crippen LogP contribution in [0.3, 0.4) is 0 Å². The predicted molar refractivity (Wildman–Crippen MR) is 90.6 cm³/mol. The summed E-state index contributed by atoms with van der Waals surface area (Å²) in [5.74, 6) is -0.695. The van der Waals surface area contributed by atoms with Gasteiger partial charge in [0.2, 0.25) is 5.91 Å². The molecule has 2 amide bonds. The van der Waals surface area contributed by atoms with Gasteiger partial charge < -0.3 is 15.8 Å². The summed E-state index contributed by atoms with van der Waals surface area (Å²) >= 11 is 17.6. The number of halogens is 3. The minimum atomic E-state index is -0.541. The minimum Gasteiger partial charge on any atom is -0.482 e. The molecule has 0 aliphatic carbocycles. The molecule has 23 heavy (non-hydrogen) atoms. The lowest BCUT2D eigenvalue weighted by Crippen LogP contribution is -2.20. The lowest BCUT2D eigenvalue weighted by molar-refractivity contribution is -0.118. The summed E-state index contributed by atoms with van der Waals surface area (Å²) in [5, 5.41) is 3.42. The number of rotatable bonds is 5. The molecule has 0 bridgehead atoms. The summed E-state index contributed by atoms with van der Waals surface area (Å²) < 4.78 is 5.31. The fourth-order valence-electron chi connectivity index (χ4n) is 1.67. The van der Waals surface area contributed by atoms with E-state index in [1.54, 1.807) is 12.1 Å². The molecule has 0 aliphatic heterocycles. The van der Waals surface area contributed by atoms with Crippen molar-refractivity contribution in [2.45, 2.75) is 0 Å². The molecule has 0 fully saturated rings. The smallest absolute Gasteiger partial charge is 0.262 e. The fourth-order valence-corrected chi connectivity index (χ4v) is 2.26. The van der Waals surface area contributed by atoms with Crippen molar-refractivity contribution in [1.82, 2.24) is 0 Å². The third-order valence-corrected chi connectivity index (χ3v) is 3.80. The first-order chi connectivity index (χ1) is 10.9. The van der Waals surface area contributed by atoms with E-state index in [1.807, 2.05) is 0 Å². The van der Waals surface area contributed by atoms with Gasteiger partial charge in [0, 0.05) is 17.3 Å². The summed E-state index contributed by atoms with van der Waals surface area (Å²) in [4.78, 5) is 22.8. The molecule has 120 valence electrons. The van der Waals surface area contributed by atoms with E-state index >= 15 is 0 Å². The van der Waals surface area contributed by atoms with Gasteiger partial charge in [0.05, 0.1) is 15.1 Å². The Bertz CT molecular complexity index is 748. The van der Waals surface area contributed by atoms with Crippen LogP contribution in [0.15, 0.2) is 36.4 Å². The Hall–Kier alpha value is -1.95. The first-order valence-corrected chi connectivity index (χ1v) is 7.47. The first kappa shape index (κ1) is 17.4. The Balaban J connectivity index is 1.95. The van der Waals surface area contributed by atoms with Crippen LogP contribution in [0.25, 0.3) is 0 Å². The lowest BCUT2D eigenvalue weighted by Gasteiger charge is -2.10. The Morgan fingerprint density at radius 2 is 1.61 bits per heavy atom. The average Bonchev–Trinajstić information content (AvgIpc) is 2.50. The molecular weight excluding hydrogens is 363 g/mol. The van der Waals surface area contributed by atoms with E-state index in [2.05, 4.69) is 5.32 Å². The molecule has 8 heteroatoms. The van der Waals surface area contributed by atoms with Crippen LogP contribution >= 0.6 is 34.8 Å². The standard InChI is InChI=1S/C15H11Cl3N2O3/c16-10-5-12(18)13(6-11(10)17)23-7-14(21)20-9-3-1-8(2-4-9)15(19)22/h1-6H,7H2,(H2,19,22)(H,20,21). The highest BCUT2D eigenvalue weighted by Crippen LogP contribution is 2.33. The van der Waals surface area contributed by atoms with Gasteiger partial charge in [-0.2, -0.15) is 0 Å².